The van der Waals surface area contributed by atoms with Crippen LogP contribution in [0.4, 0.5) is 8.78 Å². The number of nitrogens with zero attached hydrogens (tertiary/aromatic N) is 1. The monoisotopic (exact) mass is 411 g/mol. The Labute approximate surface area is 166 Å². The Morgan fingerprint density at radius 3 is 2.34 bits per heavy atom. The Morgan fingerprint density at radius 2 is 1.62 bits per heavy atom. The molecule has 7 heteroatoms. The number of pyridine rings is 1. The molecule has 0 aliphatic rings. The SMILES string of the molecule is COc1cccc(S(=O)(=O)c2c(F)nc3ccccc3c2-c2ccc(F)cc2)c1. The molecule has 0 saturated carbocycles. The minimum absolute atomic E-state index is 0.129. The molecule has 0 aliphatic heterocycles. The van der Waals surface area contributed by atoms with Crippen LogP contribution in [0, 0.1) is 11.8 Å². The topological polar surface area (TPSA) is 56.3 Å². The highest BCUT2D eigenvalue weighted by molar-refractivity contribution is 7.91. The third-order valence-electron chi connectivity index (χ3n) is 4.56. The van der Waals surface area contributed by atoms with Crippen molar-refractivity contribution >= 4 is 20.7 Å². The molecule has 0 N–H and O–H groups in total. The number of rotatable bonds is 4. The van der Waals surface area contributed by atoms with Crippen molar-refractivity contribution in [2.75, 3.05) is 7.11 Å². The largest absolute Gasteiger partial charge is 0.497 e. The molecular formula is C22H15F2NO3S. The molecular weight excluding hydrogens is 396 g/mol. The third kappa shape index (κ3) is 3.34. The van der Waals surface area contributed by atoms with Crippen molar-refractivity contribution in [3.05, 3.63) is 84.6 Å². The highest BCUT2D eigenvalue weighted by atomic mass is 32.2. The molecule has 4 nitrogen and oxygen atoms in total. The fraction of sp³-hybridized carbons (Fsp3) is 0.0455. The van der Waals surface area contributed by atoms with Gasteiger partial charge in [0, 0.05) is 10.9 Å². The number of aromatic nitrogens is 1. The number of benzene rings is 3. The first-order valence-electron chi connectivity index (χ1n) is 8.65. The van der Waals surface area contributed by atoms with Crippen molar-refractivity contribution in [3.8, 4) is 16.9 Å². The van der Waals surface area contributed by atoms with Crippen molar-refractivity contribution in [3.63, 3.8) is 0 Å². The second-order valence-corrected chi connectivity index (χ2v) is 8.20. The summed E-state index contributed by atoms with van der Waals surface area (Å²) in [7, 11) is -2.88. The lowest BCUT2D eigenvalue weighted by molar-refractivity contribution is 0.413. The van der Waals surface area contributed by atoms with Crippen LogP contribution in [0.1, 0.15) is 0 Å². The van der Waals surface area contributed by atoms with Crippen molar-refractivity contribution in [2.45, 2.75) is 9.79 Å². The first-order valence-corrected chi connectivity index (χ1v) is 10.1. The minimum atomic E-state index is -4.29. The van der Waals surface area contributed by atoms with Crippen LogP contribution in [0.5, 0.6) is 5.75 Å². The lowest BCUT2D eigenvalue weighted by Gasteiger charge is -2.15. The van der Waals surface area contributed by atoms with Gasteiger partial charge in [0.05, 0.1) is 17.5 Å². The molecule has 0 saturated heterocycles. The van der Waals surface area contributed by atoms with Gasteiger partial charge in [-0.15, -0.1) is 0 Å². The van der Waals surface area contributed by atoms with E-state index in [-0.39, 0.29) is 10.5 Å². The average Bonchev–Trinajstić information content (AvgIpc) is 2.73. The molecule has 0 radical (unpaired) electrons. The Balaban J connectivity index is 2.10. The third-order valence-corrected chi connectivity index (χ3v) is 6.34. The fourth-order valence-electron chi connectivity index (χ4n) is 3.20. The van der Waals surface area contributed by atoms with Gasteiger partial charge >= 0.3 is 0 Å². The Kier molecular flexibility index (Phi) is 4.76. The second-order valence-electron chi connectivity index (χ2n) is 6.31. The zero-order valence-electron chi connectivity index (χ0n) is 15.3. The van der Waals surface area contributed by atoms with Crippen LogP contribution in [-0.4, -0.2) is 20.5 Å². The number of ether oxygens (including phenoxy) is 1. The standard InChI is InChI=1S/C22H15F2NO3S/c1-28-16-5-4-6-17(13-16)29(26,27)21-20(14-9-11-15(23)12-10-14)18-7-2-3-8-19(18)25-22(21)24/h2-13H,1H3. The summed E-state index contributed by atoms with van der Waals surface area (Å²) in [6.07, 6.45) is 0. The molecule has 146 valence electrons. The van der Waals surface area contributed by atoms with Gasteiger partial charge in [0.15, 0.2) is 0 Å². The number of hydrogen-bond acceptors (Lipinski definition) is 4. The van der Waals surface area contributed by atoms with E-state index in [1.165, 1.54) is 49.6 Å². The van der Waals surface area contributed by atoms with Gasteiger partial charge in [0.2, 0.25) is 15.8 Å². The summed E-state index contributed by atoms with van der Waals surface area (Å²) in [4.78, 5) is 3.17. The van der Waals surface area contributed by atoms with E-state index in [1.54, 1.807) is 30.3 Å². The van der Waals surface area contributed by atoms with Gasteiger partial charge in [-0.3, -0.25) is 0 Å². The first kappa shape index (κ1) is 19.0. The van der Waals surface area contributed by atoms with Crippen molar-refractivity contribution in [2.24, 2.45) is 0 Å². The molecule has 0 bridgehead atoms. The number of methoxy groups -OCH3 is 1. The summed E-state index contributed by atoms with van der Waals surface area (Å²) >= 11 is 0. The lowest BCUT2D eigenvalue weighted by Crippen LogP contribution is -2.09. The van der Waals surface area contributed by atoms with Crippen LogP contribution in [0.2, 0.25) is 0 Å². The lowest BCUT2D eigenvalue weighted by atomic mass is 10.0. The van der Waals surface area contributed by atoms with Gasteiger partial charge in [0.25, 0.3) is 0 Å². The fourth-order valence-corrected chi connectivity index (χ4v) is 4.73. The van der Waals surface area contributed by atoms with Gasteiger partial charge in [0.1, 0.15) is 16.5 Å². The molecule has 0 fully saturated rings. The Bertz CT molecular complexity index is 1320. The van der Waals surface area contributed by atoms with Crippen LogP contribution >= 0.6 is 0 Å². The maximum Gasteiger partial charge on any atom is 0.233 e. The molecule has 4 aromatic rings. The zero-order valence-corrected chi connectivity index (χ0v) is 16.1. The van der Waals surface area contributed by atoms with E-state index in [0.717, 1.165) is 0 Å². The molecule has 0 unspecified atom stereocenters. The molecule has 0 atom stereocenters. The van der Waals surface area contributed by atoms with E-state index in [4.69, 9.17) is 4.74 Å². The average molecular weight is 411 g/mol. The predicted molar refractivity (Wildman–Crippen MR) is 106 cm³/mol. The van der Waals surface area contributed by atoms with Crippen molar-refractivity contribution < 1.29 is 21.9 Å². The predicted octanol–water partition coefficient (Wildman–Crippen LogP) is 5.02. The maximum atomic E-state index is 15.1. The molecule has 29 heavy (non-hydrogen) atoms. The maximum absolute atomic E-state index is 15.1. The molecule has 0 amide bonds. The van der Waals surface area contributed by atoms with E-state index >= 15 is 4.39 Å². The normalized spacial score (nSPS) is 11.6. The number of para-hydroxylation sites is 1. The molecule has 0 aliphatic carbocycles. The van der Waals surface area contributed by atoms with Crippen molar-refractivity contribution in [1.29, 1.82) is 0 Å². The van der Waals surface area contributed by atoms with Gasteiger partial charge in [-0.25, -0.2) is 17.8 Å². The van der Waals surface area contributed by atoms with E-state index < -0.39 is 26.5 Å². The highest BCUT2D eigenvalue weighted by Crippen LogP contribution is 2.38. The quantitative estimate of drug-likeness (QED) is 0.443. The summed E-state index contributed by atoms with van der Waals surface area (Å²) in [6, 6.07) is 17.6. The van der Waals surface area contributed by atoms with Gasteiger partial charge in [-0.1, -0.05) is 36.4 Å². The summed E-state index contributed by atoms with van der Waals surface area (Å²) in [5.74, 6) is -1.28. The smallest absolute Gasteiger partial charge is 0.233 e. The van der Waals surface area contributed by atoms with Crippen LogP contribution < -0.4 is 4.74 Å². The Morgan fingerprint density at radius 1 is 0.897 bits per heavy atom. The molecule has 1 heterocycles. The second kappa shape index (κ2) is 7.25. The molecule has 3 aromatic carbocycles. The Hall–Kier alpha value is -3.32. The summed E-state index contributed by atoms with van der Waals surface area (Å²) in [5.41, 5.74) is 0.801. The van der Waals surface area contributed by atoms with Crippen LogP contribution in [0.15, 0.2) is 82.6 Å². The minimum Gasteiger partial charge on any atom is -0.497 e. The summed E-state index contributed by atoms with van der Waals surface area (Å²) in [5, 5.41) is 0.446. The summed E-state index contributed by atoms with van der Waals surface area (Å²) < 4.78 is 60.5. The number of sulfone groups is 1. The van der Waals surface area contributed by atoms with Gasteiger partial charge < -0.3 is 4.74 Å². The van der Waals surface area contributed by atoms with E-state index in [1.807, 2.05) is 0 Å². The number of fused-ring (bicyclic) bond motifs is 1. The highest BCUT2D eigenvalue weighted by Gasteiger charge is 2.29. The van der Waals surface area contributed by atoms with Crippen LogP contribution in [-0.2, 0) is 9.84 Å². The van der Waals surface area contributed by atoms with Crippen molar-refractivity contribution in [1.82, 2.24) is 4.98 Å². The van der Waals surface area contributed by atoms with E-state index in [2.05, 4.69) is 4.98 Å². The van der Waals surface area contributed by atoms with E-state index in [9.17, 15) is 12.8 Å². The van der Waals surface area contributed by atoms with Crippen LogP contribution in [0.3, 0.4) is 0 Å². The number of halogens is 2. The number of hydrogen-bond donors (Lipinski definition) is 0. The van der Waals surface area contributed by atoms with E-state index in [0.29, 0.717) is 22.2 Å². The van der Waals surface area contributed by atoms with Gasteiger partial charge in [-0.2, -0.15) is 4.39 Å². The zero-order chi connectivity index (χ0) is 20.6. The van der Waals surface area contributed by atoms with Crippen LogP contribution in [0.25, 0.3) is 22.0 Å². The molecule has 4 rings (SSSR count). The van der Waals surface area contributed by atoms with Gasteiger partial charge in [-0.05, 0) is 42.0 Å². The molecule has 1 aromatic heterocycles. The first-order chi connectivity index (χ1) is 13.9. The summed E-state index contributed by atoms with van der Waals surface area (Å²) in [6.45, 7) is 0. The molecule has 0 spiro atoms.